The number of imidazole rings is 1. The summed E-state index contributed by atoms with van der Waals surface area (Å²) < 4.78 is 26.7. The van der Waals surface area contributed by atoms with Crippen molar-refractivity contribution in [2.75, 3.05) is 13.4 Å². The molecule has 7 aromatic heterocycles. The molecule has 0 spiro atoms. The van der Waals surface area contributed by atoms with Gasteiger partial charge in [-0.2, -0.15) is 0 Å². The molecule has 7 aromatic carbocycles. The van der Waals surface area contributed by atoms with Crippen LogP contribution in [0.5, 0.6) is 23.0 Å². The minimum Gasteiger partial charge on any atom is -0.486 e. The molecular weight excluding hydrogens is 1240 g/mol. The van der Waals surface area contributed by atoms with Gasteiger partial charge < -0.3 is 28.9 Å². The Hall–Kier alpha value is -9.16. The summed E-state index contributed by atoms with van der Waals surface area (Å²) in [5.41, 5.74) is 12.8. The number of benzene rings is 7. The van der Waals surface area contributed by atoms with Crippen molar-refractivity contribution in [1.29, 1.82) is 0 Å². The lowest BCUT2D eigenvalue weighted by Gasteiger charge is -2.28. The molecule has 3 N–H and O–H groups in total. The Morgan fingerprint density at radius 3 is 1.71 bits per heavy atom. The van der Waals surface area contributed by atoms with E-state index < -0.39 is 0 Å². The number of aromatic amines is 3. The molecule has 9 nitrogen and oxygen atoms in total. The second kappa shape index (κ2) is 35.4. The second-order valence-corrected chi connectivity index (χ2v) is 29.5. The zero-order chi connectivity index (χ0) is 69.8. The van der Waals surface area contributed by atoms with Gasteiger partial charge in [0.05, 0.1) is 11.7 Å². The van der Waals surface area contributed by atoms with Crippen LogP contribution in [-0.2, 0) is 0 Å². The largest absolute Gasteiger partial charge is 0.486 e. The number of para-hydroxylation sites is 5. The summed E-state index contributed by atoms with van der Waals surface area (Å²) in [6.07, 6.45) is 8.45. The van der Waals surface area contributed by atoms with Crippen molar-refractivity contribution in [1.82, 2.24) is 19.9 Å². The van der Waals surface area contributed by atoms with Gasteiger partial charge in [0.1, 0.15) is 24.6 Å². The van der Waals surface area contributed by atoms with Crippen LogP contribution in [0.2, 0.25) is 0 Å². The fourth-order valence-corrected chi connectivity index (χ4v) is 13.2. The molecule has 0 saturated carbocycles. The first-order valence-electron chi connectivity index (χ1n) is 34.9. The zero-order valence-electron chi connectivity index (χ0n) is 60.4. The van der Waals surface area contributed by atoms with Gasteiger partial charge in [-0.15, -0.1) is 22.7 Å². The average Bonchev–Trinajstić information content (AvgIpc) is 1.88. The van der Waals surface area contributed by atoms with Gasteiger partial charge in [-0.05, 0) is 164 Å². The number of fused-ring (bicyclic) bond motifs is 8. The van der Waals surface area contributed by atoms with E-state index in [1.807, 2.05) is 95.6 Å². The molecule has 0 bridgehead atoms. The molecule has 2 aliphatic rings. The van der Waals surface area contributed by atoms with Crippen LogP contribution in [-0.4, -0.2) is 39.4 Å². The number of nitrogens with one attached hydrogen (secondary N) is 3. The lowest BCUT2D eigenvalue weighted by molar-refractivity contribution is -0.510. The van der Waals surface area contributed by atoms with Crippen molar-refractivity contribution in [3.8, 4) is 23.0 Å². The van der Waals surface area contributed by atoms with Gasteiger partial charge in [0.25, 0.3) is 5.65 Å². The molecular formula is C87H102N5O4S2+. The van der Waals surface area contributed by atoms with Crippen LogP contribution < -0.4 is 23.3 Å². The van der Waals surface area contributed by atoms with Gasteiger partial charge in [0.2, 0.25) is 6.79 Å². The van der Waals surface area contributed by atoms with Crippen LogP contribution in [0.1, 0.15) is 191 Å². The maximum Gasteiger partial charge on any atom is 0.284 e. The summed E-state index contributed by atoms with van der Waals surface area (Å²) >= 11 is 3.75. The van der Waals surface area contributed by atoms with Crippen LogP contribution >= 0.6 is 22.7 Å². The summed E-state index contributed by atoms with van der Waals surface area (Å²) in [6.45, 7) is 36.2. The highest BCUT2D eigenvalue weighted by Gasteiger charge is 2.23. The van der Waals surface area contributed by atoms with Gasteiger partial charge in [-0.1, -0.05) is 226 Å². The van der Waals surface area contributed by atoms with Crippen molar-refractivity contribution >= 4 is 81.2 Å². The van der Waals surface area contributed by atoms with Gasteiger partial charge in [0, 0.05) is 66.2 Å². The van der Waals surface area contributed by atoms with Crippen molar-refractivity contribution in [2.45, 2.75) is 158 Å². The van der Waals surface area contributed by atoms with E-state index in [0.717, 1.165) is 34.2 Å². The number of ether oxygens (including phenoxy) is 4. The number of aromatic nitrogens is 5. The van der Waals surface area contributed by atoms with E-state index in [9.17, 15) is 0 Å². The summed E-state index contributed by atoms with van der Waals surface area (Å²) in [4.78, 5) is 15.9. The normalized spacial score (nSPS) is 12.8. The Kier molecular flexibility index (Phi) is 26.4. The lowest BCUT2D eigenvalue weighted by atomic mass is 10.0. The van der Waals surface area contributed by atoms with E-state index in [1.54, 1.807) is 0 Å². The van der Waals surface area contributed by atoms with E-state index in [1.165, 1.54) is 85.9 Å². The van der Waals surface area contributed by atoms with Crippen LogP contribution in [0.3, 0.4) is 0 Å². The highest BCUT2D eigenvalue weighted by atomic mass is 32.1. The van der Waals surface area contributed by atoms with Crippen molar-refractivity contribution < 1.29 is 23.3 Å². The van der Waals surface area contributed by atoms with E-state index in [-0.39, 0.29) is 6.10 Å². The van der Waals surface area contributed by atoms with Gasteiger partial charge in [0.15, 0.2) is 23.0 Å². The first kappa shape index (κ1) is 73.1. The highest BCUT2D eigenvalue weighted by molar-refractivity contribution is 7.19. The Balaban J connectivity index is 0.000000131. The fraction of sp³-hybridized carbons (Fsp3) is 0.310. The SMILES string of the molecule is CC(C)C1COc2ccccc2O1.CC(C)c1c[n+]2ccccc2[nH]1.CC(C)c1c[nH]c2ccccc12.CC(C)c1cc2ccccc2[nH]1.CC(C)c1cc2ccccc2s1.CC(C)c1ccc2c(c1)OCO2.CC(C)c1cnc2ccccc2c1.CC(C)c1csc2ccccc12. The standard InChI is InChI=1S/C12H13N.2C11H13N.C11H14O2.2C11H12S.C10H12N2.C10H12O2/c1-9(2)11-7-10-5-3-4-6-12(10)13-8-11;1-8(2)10-7-12-11-6-4-3-5-9(10)11;1-8(2)11-7-9-5-3-4-6-10(9)12-11;1-8(2)11-7-12-9-5-3-4-6-10(9)13-11;1-8(2)10-7-12-11-6-4-3-5-9(10)11;1-8(2)11-7-9-5-3-4-6-10(9)12-11;1-8(2)9-7-12-6-4-3-5-10(12)11-9;1-7(2)8-3-4-9-10(5-8)12-6-11-9/h3-9H,1-2H3;2*3-8,12H,1-2H3;3-6,8,11H,7H2,1-2H3;3*3-8H,1-2H3;3-5,7H,6H2,1-2H3/p+1. The van der Waals surface area contributed by atoms with E-state index in [0.29, 0.717) is 60.7 Å². The first-order chi connectivity index (χ1) is 47.2. The van der Waals surface area contributed by atoms with Crippen molar-refractivity contribution in [3.05, 3.63) is 269 Å². The third kappa shape index (κ3) is 20.0. The highest BCUT2D eigenvalue weighted by Crippen LogP contribution is 2.36. The Bertz CT molecular complexity index is 4350. The van der Waals surface area contributed by atoms with Gasteiger partial charge in [-0.3, -0.25) is 4.98 Å². The molecule has 14 aromatic rings. The third-order valence-corrected chi connectivity index (χ3v) is 19.6. The van der Waals surface area contributed by atoms with Crippen LogP contribution in [0.25, 0.3) is 58.5 Å². The number of nitrogens with zero attached hydrogens (tertiary/aromatic N) is 2. The lowest BCUT2D eigenvalue weighted by Crippen LogP contribution is -2.33. The number of H-pyrrole nitrogens is 3. The number of rotatable bonds is 8. The molecule has 2 aliphatic heterocycles. The summed E-state index contributed by atoms with van der Waals surface area (Å²) in [5.74, 6) is 8.09. The molecule has 0 aliphatic carbocycles. The molecule has 16 rings (SSSR count). The molecule has 98 heavy (non-hydrogen) atoms. The van der Waals surface area contributed by atoms with E-state index >= 15 is 0 Å². The Morgan fingerprint density at radius 2 is 1.05 bits per heavy atom. The third-order valence-electron chi connectivity index (χ3n) is 17.2. The maximum absolute atomic E-state index is 5.77. The average molecular weight is 1350 g/mol. The Morgan fingerprint density at radius 1 is 0.449 bits per heavy atom. The first-order valence-corrected chi connectivity index (χ1v) is 36.6. The van der Waals surface area contributed by atoms with Crippen LogP contribution in [0.15, 0.2) is 230 Å². The number of hydrogen-bond acceptors (Lipinski definition) is 7. The zero-order valence-corrected chi connectivity index (χ0v) is 62.0. The van der Waals surface area contributed by atoms with Crippen molar-refractivity contribution in [3.63, 3.8) is 0 Å². The smallest absolute Gasteiger partial charge is 0.284 e. The van der Waals surface area contributed by atoms with Gasteiger partial charge in [-0.25, -0.2) is 9.38 Å². The molecule has 510 valence electrons. The van der Waals surface area contributed by atoms with Crippen molar-refractivity contribution in [2.24, 2.45) is 5.92 Å². The topological polar surface area (TPSA) is 101 Å². The number of pyridine rings is 2. The molecule has 0 amide bonds. The van der Waals surface area contributed by atoms with Gasteiger partial charge >= 0.3 is 0 Å². The van der Waals surface area contributed by atoms with Crippen LogP contribution in [0.4, 0.5) is 0 Å². The minimum atomic E-state index is 0.190. The molecule has 0 radical (unpaired) electrons. The number of thiophene rings is 2. The minimum absolute atomic E-state index is 0.190. The molecule has 1 unspecified atom stereocenters. The maximum atomic E-state index is 5.77. The molecule has 9 heterocycles. The summed E-state index contributed by atoms with van der Waals surface area (Å²) in [5, 5.41) is 8.97. The molecule has 11 heteroatoms. The quantitative estimate of drug-likeness (QED) is 0.132. The van der Waals surface area contributed by atoms with Crippen LogP contribution in [0, 0.1) is 5.92 Å². The summed E-state index contributed by atoms with van der Waals surface area (Å²) in [7, 11) is 0. The second-order valence-electron chi connectivity index (χ2n) is 27.5. The predicted molar refractivity (Wildman–Crippen MR) is 418 cm³/mol. The monoisotopic (exact) mass is 1340 g/mol. The molecule has 0 saturated heterocycles. The predicted octanol–water partition coefficient (Wildman–Crippen LogP) is 24.9. The summed E-state index contributed by atoms with van der Waals surface area (Å²) in [6, 6.07) is 69.0. The fourth-order valence-electron chi connectivity index (χ4n) is 11.0. The van der Waals surface area contributed by atoms with E-state index in [4.69, 9.17) is 18.9 Å². The Labute approximate surface area is 590 Å². The van der Waals surface area contributed by atoms with E-state index in [2.05, 4.69) is 293 Å². The molecule has 1 atom stereocenters. The number of hydrogen-bond donors (Lipinski definition) is 3. The molecule has 0 fully saturated rings.